The Hall–Kier alpha value is -0.120. The Morgan fingerprint density at radius 3 is 2.45 bits per heavy atom. The second-order valence-electron chi connectivity index (χ2n) is 7.97. The molecule has 5 unspecified atom stereocenters. The Bertz CT molecular complexity index is 372. The lowest BCUT2D eigenvalue weighted by molar-refractivity contribution is -0.380. The van der Waals surface area contributed by atoms with Gasteiger partial charge in [0.2, 0.25) is 11.6 Å². The van der Waals surface area contributed by atoms with Crippen molar-refractivity contribution >= 4 is 0 Å². The molecule has 0 N–H and O–H groups in total. The minimum atomic E-state index is -0.442. The van der Waals surface area contributed by atoms with Crippen molar-refractivity contribution in [2.75, 3.05) is 0 Å². The van der Waals surface area contributed by atoms with E-state index in [0.29, 0.717) is 11.8 Å². The SMILES string of the molecule is CC1CC2CC(C)C3(OOC4(CCCCC4)O3)C(C1)C2. The fourth-order valence-corrected chi connectivity index (χ4v) is 5.41. The van der Waals surface area contributed by atoms with E-state index < -0.39 is 11.6 Å². The Kier molecular flexibility index (Phi) is 3.17. The quantitative estimate of drug-likeness (QED) is 0.615. The van der Waals surface area contributed by atoms with E-state index >= 15 is 0 Å². The summed E-state index contributed by atoms with van der Waals surface area (Å²) < 4.78 is 6.62. The van der Waals surface area contributed by atoms with Gasteiger partial charge in [-0.3, -0.25) is 0 Å². The van der Waals surface area contributed by atoms with Crippen LogP contribution in [0.5, 0.6) is 0 Å². The maximum Gasteiger partial charge on any atom is 0.210 e. The van der Waals surface area contributed by atoms with Crippen molar-refractivity contribution in [3.63, 3.8) is 0 Å². The molecule has 2 bridgehead atoms. The largest absolute Gasteiger partial charge is 0.312 e. The van der Waals surface area contributed by atoms with E-state index in [1.807, 2.05) is 0 Å². The molecule has 4 fully saturated rings. The van der Waals surface area contributed by atoms with Crippen molar-refractivity contribution in [3.05, 3.63) is 0 Å². The molecule has 4 rings (SSSR count). The highest BCUT2D eigenvalue weighted by Gasteiger charge is 2.62. The number of rotatable bonds is 0. The van der Waals surface area contributed by atoms with Crippen LogP contribution in [0.4, 0.5) is 0 Å². The highest BCUT2D eigenvalue weighted by molar-refractivity contribution is 4.98. The molecule has 0 amide bonds. The topological polar surface area (TPSA) is 27.7 Å². The maximum atomic E-state index is 6.62. The minimum Gasteiger partial charge on any atom is -0.312 e. The molecule has 3 aliphatic carbocycles. The predicted molar refractivity (Wildman–Crippen MR) is 75.6 cm³/mol. The molecule has 3 nitrogen and oxygen atoms in total. The number of fused-ring (bicyclic) bond motifs is 3. The molecular weight excluding hydrogens is 252 g/mol. The molecule has 1 heterocycles. The van der Waals surface area contributed by atoms with E-state index in [1.165, 1.54) is 44.9 Å². The van der Waals surface area contributed by atoms with E-state index in [2.05, 4.69) is 13.8 Å². The van der Waals surface area contributed by atoms with Crippen molar-refractivity contribution in [2.45, 2.75) is 83.2 Å². The molecule has 5 atom stereocenters. The molecule has 1 saturated heterocycles. The molecule has 0 aromatic rings. The highest BCUT2D eigenvalue weighted by atomic mass is 17.3. The Balaban J connectivity index is 1.59. The van der Waals surface area contributed by atoms with Gasteiger partial charge in [0.25, 0.3) is 0 Å². The second kappa shape index (κ2) is 4.69. The lowest BCUT2D eigenvalue weighted by atomic mass is 9.62. The molecule has 20 heavy (non-hydrogen) atoms. The van der Waals surface area contributed by atoms with Crippen molar-refractivity contribution in [1.82, 2.24) is 0 Å². The lowest BCUT2D eigenvalue weighted by Gasteiger charge is -2.50. The molecule has 0 aromatic heterocycles. The van der Waals surface area contributed by atoms with Crippen LogP contribution in [-0.2, 0) is 14.5 Å². The van der Waals surface area contributed by atoms with Gasteiger partial charge >= 0.3 is 0 Å². The first-order valence-electron chi connectivity index (χ1n) is 8.69. The zero-order valence-electron chi connectivity index (χ0n) is 12.9. The van der Waals surface area contributed by atoms with Crippen LogP contribution in [0.3, 0.4) is 0 Å². The molecule has 114 valence electrons. The minimum absolute atomic E-state index is 0.417. The number of hydrogen-bond donors (Lipinski definition) is 0. The summed E-state index contributed by atoms with van der Waals surface area (Å²) in [5.41, 5.74) is 0. The van der Waals surface area contributed by atoms with Gasteiger partial charge in [0.15, 0.2) is 0 Å². The van der Waals surface area contributed by atoms with Crippen molar-refractivity contribution in [1.29, 1.82) is 0 Å². The molecule has 2 spiro atoms. The average molecular weight is 280 g/mol. The van der Waals surface area contributed by atoms with Gasteiger partial charge in [0.1, 0.15) is 0 Å². The first kappa shape index (κ1) is 13.5. The van der Waals surface area contributed by atoms with Crippen molar-refractivity contribution in [2.24, 2.45) is 23.7 Å². The molecular formula is C17H28O3. The zero-order chi connectivity index (χ0) is 13.8. The zero-order valence-corrected chi connectivity index (χ0v) is 12.9. The van der Waals surface area contributed by atoms with Gasteiger partial charge in [-0.25, -0.2) is 0 Å². The fourth-order valence-electron chi connectivity index (χ4n) is 5.41. The van der Waals surface area contributed by atoms with Gasteiger partial charge in [0.05, 0.1) is 0 Å². The molecule has 0 aromatic carbocycles. The van der Waals surface area contributed by atoms with Crippen LogP contribution in [0.25, 0.3) is 0 Å². The molecule has 3 saturated carbocycles. The molecule has 3 heteroatoms. The normalized spacial score (nSPS) is 50.7. The van der Waals surface area contributed by atoms with Gasteiger partial charge in [-0.05, 0) is 50.4 Å². The summed E-state index contributed by atoms with van der Waals surface area (Å²) in [6.07, 6.45) is 10.9. The summed E-state index contributed by atoms with van der Waals surface area (Å²) >= 11 is 0. The smallest absolute Gasteiger partial charge is 0.210 e. The summed E-state index contributed by atoms with van der Waals surface area (Å²) in [4.78, 5) is 11.8. The Morgan fingerprint density at radius 2 is 1.65 bits per heavy atom. The first-order chi connectivity index (χ1) is 9.62. The maximum absolute atomic E-state index is 6.62. The van der Waals surface area contributed by atoms with Crippen molar-refractivity contribution in [3.8, 4) is 0 Å². The standard InChI is InChI=1S/C17H28O3/c1-12-8-14-10-13(2)17(15(9-12)11-14)18-16(19-20-17)6-4-3-5-7-16/h12-15H,3-11H2,1-2H3. The Morgan fingerprint density at radius 1 is 0.850 bits per heavy atom. The van der Waals surface area contributed by atoms with E-state index in [0.717, 1.165) is 24.7 Å². The van der Waals surface area contributed by atoms with Crippen LogP contribution < -0.4 is 0 Å². The lowest BCUT2D eigenvalue weighted by Crippen LogP contribution is -2.54. The molecule has 1 aliphatic heterocycles. The molecule has 4 aliphatic rings. The van der Waals surface area contributed by atoms with Crippen LogP contribution in [-0.4, -0.2) is 11.6 Å². The van der Waals surface area contributed by atoms with Gasteiger partial charge in [-0.15, -0.1) is 0 Å². The van der Waals surface area contributed by atoms with Gasteiger partial charge in [0, 0.05) is 24.7 Å². The predicted octanol–water partition coefficient (Wildman–Crippen LogP) is 4.41. The van der Waals surface area contributed by atoms with Crippen LogP contribution in [0.15, 0.2) is 0 Å². The van der Waals surface area contributed by atoms with E-state index in [1.54, 1.807) is 0 Å². The van der Waals surface area contributed by atoms with Crippen LogP contribution in [0, 0.1) is 23.7 Å². The van der Waals surface area contributed by atoms with Crippen LogP contribution in [0.1, 0.15) is 71.6 Å². The molecule has 0 radical (unpaired) electrons. The van der Waals surface area contributed by atoms with Gasteiger partial charge in [-0.1, -0.05) is 20.3 Å². The highest BCUT2D eigenvalue weighted by Crippen LogP contribution is 2.57. The van der Waals surface area contributed by atoms with E-state index in [9.17, 15) is 0 Å². The van der Waals surface area contributed by atoms with Crippen LogP contribution in [0.2, 0.25) is 0 Å². The van der Waals surface area contributed by atoms with Crippen molar-refractivity contribution < 1.29 is 14.5 Å². The first-order valence-corrected chi connectivity index (χ1v) is 8.69. The summed E-state index contributed by atoms with van der Waals surface area (Å²) in [5.74, 6) is 1.81. The van der Waals surface area contributed by atoms with Crippen LogP contribution >= 0.6 is 0 Å². The monoisotopic (exact) mass is 280 g/mol. The van der Waals surface area contributed by atoms with Gasteiger partial charge < -0.3 is 4.74 Å². The fraction of sp³-hybridized carbons (Fsp3) is 1.00. The third-order valence-electron chi connectivity index (χ3n) is 6.27. The summed E-state index contributed by atoms with van der Waals surface area (Å²) in [6, 6.07) is 0. The number of hydrogen-bond acceptors (Lipinski definition) is 3. The van der Waals surface area contributed by atoms with Gasteiger partial charge in [-0.2, -0.15) is 9.78 Å². The third kappa shape index (κ3) is 1.97. The average Bonchev–Trinajstić information content (AvgIpc) is 2.78. The van der Waals surface area contributed by atoms with E-state index in [-0.39, 0.29) is 0 Å². The summed E-state index contributed by atoms with van der Waals surface area (Å²) in [5, 5.41) is 0. The summed E-state index contributed by atoms with van der Waals surface area (Å²) in [6.45, 7) is 4.69. The third-order valence-corrected chi connectivity index (χ3v) is 6.27. The second-order valence-corrected chi connectivity index (χ2v) is 7.97. The number of ether oxygens (including phenoxy) is 1. The Labute approximate surface area is 122 Å². The summed E-state index contributed by atoms with van der Waals surface area (Å²) in [7, 11) is 0. The van der Waals surface area contributed by atoms with E-state index in [4.69, 9.17) is 14.5 Å².